The Bertz CT molecular complexity index is 964. The lowest BCUT2D eigenvalue weighted by Crippen LogP contribution is -2.03. The number of methoxy groups -OCH3 is 2. The van der Waals surface area contributed by atoms with Crippen LogP contribution in [0.15, 0.2) is 27.8 Å². The van der Waals surface area contributed by atoms with Crippen LogP contribution >= 0.6 is 15.9 Å². The Hall–Kier alpha value is -3.14. The number of hydrazone groups is 1. The van der Waals surface area contributed by atoms with Crippen LogP contribution in [0.1, 0.15) is 22.4 Å². The van der Waals surface area contributed by atoms with E-state index in [9.17, 15) is 5.26 Å². The van der Waals surface area contributed by atoms with Crippen LogP contribution in [-0.2, 0) is 11.3 Å². The largest absolute Gasteiger partial charge is 0.493 e. The molecule has 144 valence electrons. The van der Waals surface area contributed by atoms with Gasteiger partial charge in [-0.2, -0.15) is 15.6 Å². The molecule has 1 aromatic carbocycles. The zero-order valence-corrected chi connectivity index (χ0v) is 17.2. The van der Waals surface area contributed by atoms with Crippen LogP contribution in [0.2, 0.25) is 0 Å². The number of pyridine rings is 1. The van der Waals surface area contributed by atoms with Crippen molar-refractivity contribution in [3.8, 4) is 23.6 Å². The summed E-state index contributed by atoms with van der Waals surface area (Å²) in [5.74, 6) is 1.25. The van der Waals surface area contributed by atoms with Gasteiger partial charge in [0.05, 0.1) is 24.4 Å². The molecule has 0 unspecified atom stereocenters. The van der Waals surface area contributed by atoms with Gasteiger partial charge in [-0.25, -0.2) is 4.98 Å². The van der Waals surface area contributed by atoms with Crippen molar-refractivity contribution in [3.63, 3.8) is 0 Å². The number of anilines is 1. The number of hydrogen-bond acceptors (Lipinski definition) is 8. The molecule has 0 bridgehead atoms. The highest BCUT2D eigenvalue weighted by molar-refractivity contribution is 9.10. The van der Waals surface area contributed by atoms with E-state index in [0.717, 1.165) is 11.3 Å². The van der Waals surface area contributed by atoms with Gasteiger partial charge in [-0.3, -0.25) is 5.43 Å². The Morgan fingerprint density at radius 2 is 2.07 bits per heavy atom. The molecule has 0 spiro atoms. The molecule has 8 nitrogen and oxygen atoms in total. The molecule has 9 heteroatoms. The molecule has 0 aliphatic carbocycles. The highest BCUT2D eigenvalue weighted by Gasteiger charge is 2.12. The van der Waals surface area contributed by atoms with Gasteiger partial charge in [-0.1, -0.05) is 0 Å². The van der Waals surface area contributed by atoms with E-state index in [-0.39, 0.29) is 6.61 Å². The second kappa shape index (κ2) is 10.3. The van der Waals surface area contributed by atoms with Crippen molar-refractivity contribution >= 4 is 28.0 Å². The second-order valence-electron chi connectivity index (χ2n) is 5.54. The summed E-state index contributed by atoms with van der Waals surface area (Å²) in [6.07, 6.45) is 1.56. The molecule has 1 heterocycles. The lowest BCUT2D eigenvalue weighted by molar-refractivity contribution is 0.184. The van der Waals surface area contributed by atoms with Crippen LogP contribution < -0.4 is 14.9 Å². The second-order valence-corrected chi connectivity index (χ2v) is 6.40. The number of benzene rings is 1. The average Bonchev–Trinajstić information content (AvgIpc) is 2.67. The van der Waals surface area contributed by atoms with Crippen LogP contribution in [-0.4, -0.2) is 32.0 Å². The number of nitrogens with one attached hydrogen (secondary N) is 1. The third-order valence-electron chi connectivity index (χ3n) is 3.56. The van der Waals surface area contributed by atoms with E-state index in [0.29, 0.717) is 39.5 Å². The first-order chi connectivity index (χ1) is 13.5. The maximum absolute atomic E-state index is 9.44. The number of aryl methyl sites for hydroxylation is 1. The fraction of sp³-hybridized carbons (Fsp3) is 0.263. The SMILES string of the molecule is COCc1cc(C)nc(N/N=C\c2cc(Br)c(OCC#N)c(OC)c2)c1C#N. The van der Waals surface area contributed by atoms with Crippen molar-refractivity contribution in [2.45, 2.75) is 13.5 Å². The van der Waals surface area contributed by atoms with E-state index in [1.54, 1.807) is 31.5 Å². The Morgan fingerprint density at radius 3 is 2.71 bits per heavy atom. The lowest BCUT2D eigenvalue weighted by Gasteiger charge is -2.11. The van der Waals surface area contributed by atoms with E-state index >= 15 is 0 Å². The van der Waals surface area contributed by atoms with Crippen LogP contribution in [0.5, 0.6) is 11.5 Å². The van der Waals surface area contributed by atoms with Crippen LogP contribution in [0.4, 0.5) is 5.82 Å². The zero-order valence-electron chi connectivity index (χ0n) is 15.6. The van der Waals surface area contributed by atoms with Gasteiger partial charge in [-0.05, 0) is 46.6 Å². The van der Waals surface area contributed by atoms with Gasteiger partial charge in [0.1, 0.15) is 17.7 Å². The number of ether oxygens (including phenoxy) is 3. The Kier molecular flexibility index (Phi) is 7.76. The molecule has 0 amide bonds. The van der Waals surface area contributed by atoms with Gasteiger partial charge in [0.15, 0.2) is 23.9 Å². The maximum Gasteiger partial charge on any atom is 0.176 e. The van der Waals surface area contributed by atoms with Gasteiger partial charge >= 0.3 is 0 Å². The molecule has 0 atom stereocenters. The average molecular weight is 444 g/mol. The first kappa shape index (κ1) is 21.2. The smallest absolute Gasteiger partial charge is 0.176 e. The molecule has 0 fully saturated rings. The summed E-state index contributed by atoms with van der Waals surface area (Å²) in [5, 5.41) is 22.3. The van der Waals surface area contributed by atoms with Crippen molar-refractivity contribution in [2.24, 2.45) is 5.10 Å². The molecule has 0 radical (unpaired) electrons. The van der Waals surface area contributed by atoms with Crippen LogP contribution in [0.25, 0.3) is 0 Å². The van der Waals surface area contributed by atoms with Gasteiger partial charge in [0.25, 0.3) is 0 Å². The number of halogens is 1. The third kappa shape index (κ3) is 5.19. The van der Waals surface area contributed by atoms with Crippen molar-refractivity contribution in [3.05, 3.63) is 45.1 Å². The normalized spacial score (nSPS) is 10.4. The topological polar surface area (TPSA) is 113 Å². The number of nitrogens with zero attached hydrogens (tertiary/aromatic N) is 4. The molecule has 0 aliphatic rings. The van der Waals surface area contributed by atoms with Gasteiger partial charge in [0.2, 0.25) is 0 Å². The first-order valence-electron chi connectivity index (χ1n) is 8.10. The Labute approximate surface area is 171 Å². The molecular weight excluding hydrogens is 426 g/mol. The van der Waals surface area contributed by atoms with Crippen molar-refractivity contribution in [2.75, 3.05) is 26.3 Å². The zero-order chi connectivity index (χ0) is 20.5. The summed E-state index contributed by atoms with van der Waals surface area (Å²) >= 11 is 3.40. The molecule has 1 N–H and O–H groups in total. The summed E-state index contributed by atoms with van der Waals surface area (Å²) in [6, 6.07) is 9.33. The summed E-state index contributed by atoms with van der Waals surface area (Å²) in [6.45, 7) is 2.04. The van der Waals surface area contributed by atoms with Crippen molar-refractivity contribution < 1.29 is 14.2 Å². The fourth-order valence-electron chi connectivity index (χ4n) is 2.44. The molecule has 0 saturated heterocycles. The summed E-state index contributed by atoms with van der Waals surface area (Å²) in [5.41, 5.74) is 5.38. The minimum Gasteiger partial charge on any atom is -0.493 e. The minimum atomic E-state index is -0.0935. The van der Waals surface area contributed by atoms with E-state index in [2.05, 4.69) is 37.5 Å². The van der Waals surface area contributed by atoms with Crippen molar-refractivity contribution in [1.82, 2.24) is 4.98 Å². The minimum absolute atomic E-state index is 0.0935. The van der Waals surface area contributed by atoms with Crippen molar-refractivity contribution in [1.29, 1.82) is 10.5 Å². The van der Waals surface area contributed by atoms with Gasteiger partial charge in [-0.15, -0.1) is 0 Å². The molecule has 2 aromatic rings. The molecule has 0 aliphatic heterocycles. The van der Waals surface area contributed by atoms with Crippen LogP contribution in [0.3, 0.4) is 0 Å². The third-order valence-corrected chi connectivity index (χ3v) is 4.15. The molecule has 2 rings (SSSR count). The molecular formula is C19H18BrN5O3. The highest BCUT2D eigenvalue weighted by Crippen LogP contribution is 2.36. The molecule has 0 saturated carbocycles. The Balaban J connectivity index is 2.27. The quantitative estimate of drug-likeness (QED) is 0.490. The number of hydrogen-bond donors (Lipinski definition) is 1. The highest BCUT2D eigenvalue weighted by atomic mass is 79.9. The predicted octanol–water partition coefficient (Wildman–Crippen LogP) is 3.53. The monoisotopic (exact) mass is 443 g/mol. The van der Waals surface area contributed by atoms with Gasteiger partial charge in [0, 0.05) is 18.4 Å². The Morgan fingerprint density at radius 1 is 1.29 bits per heavy atom. The molecule has 1 aromatic heterocycles. The summed E-state index contributed by atoms with van der Waals surface area (Å²) in [4.78, 5) is 4.33. The van der Waals surface area contributed by atoms with E-state index < -0.39 is 0 Å². The fourth-order valence-corrected chi connectivity index (χ4v) is 3.02. The van der Waals surface area contributed by atoms with Gasteiger partial charge < -0.3 is 14.2 Å². The molecule has 28 heavy (non-hydrogen) atoms. The number of nitriles is 2. The number of aromatic nitrogens is 1. The predicted molar refractivity (Wildman–Crippen MR) is 107 cm³/mol. The summed E-state index contributed by atoms with van der Waals surface area (Å²) in [7, 11) is 3.07. The standard InChI is InChI=1S/C19H18BrN5O3/c1-12-6-14(11-26-2)15(9-22)19(24-12)25-23-10-13-7-16(20)18(28-5-4-21)17(8-13)27-3/h6-8,10H,5,11H2,1-3H3,(H,24,25)/b23-10-. The number of rotatable bonds is 8. The van der Waals surface area contributed by atoms with E-state index in [1.807, 2.05) is 13.0 Å². The van der Waals surface area contributed by atoms with E-state index in [4.69, 9.17) is 19.5 Å². The van der Waals surface area contributed by atoms with Crippen LogP contribution in [0, 0.1) is 29.6 Å². The lowest BCUT2D eigenvalue weighted by atomic mass is 10.1. The maximum atomic E-state index is 9.44. The summed E-state index contributed by atoms with van der Waals surface area (Å²) < 4.78 is 16.4. The van der Waals surface area contributed by atoms with E-state index in [1.165, 1.54) is 7.11 Å². The first-order valence-corrected chi connectivity index (χ1v) is 8.89.